The third kappa shape index (κ3) is 2.57. The van der Waals surface area contributed by atoms with E-state index in [4.69, 9.17) is 4.74 Å². The molecule has 3 rings (SSSR count). The summed E-state index contributed by atoms with van der Waals surface area (Å²) in [6.07, 6.45) is 9.50. The maximum Gasteiger partial charge on any atom is 0.119 e. The van der Waals surface area contributed by atoms with Crippen LogP contribution in [0.15, 0.2) is 18.2 Å². The van der Waals surface area contributed by atoms with Crippen molar-refractivity contribution in [2.24, 2.45) is 17.3 Å². The van der Waals surface area contributed by atoms with Gasteiger partial charge >= 0.3 is 0 Å². The second kappa shape index (κ2) is 6.26. The van der Waals surface area contributed by atoms with Crippen LogP contribution in [-0.4, -0.2) is 7.11 Å². The molecule has 22 heavy (non-hydrogen) atoms. The highest BCUT2D eigenvalue weighted by atomic mass is 16.5. The molecule has 122 valence electrons. The minimum atomic E-state index is 0.578. The van der Waals surface area contributed by atoms with Gasteiger partial charge in [0.25, 0.3) is 0 Å². The smallest absolute Gasteiger partial charge is 0.119 e. The SMILES string of the molecule is CCC[C@]1(C)CC[C@@H]2c3ccc(OC)cc3CC[C@H]2[C@@H]1CC. The third-order valence-corrected chi connectivity index (χ3v) is 6.71. The van der Waals surface area contributed by atoms with Crippen LogP contribution < -0.4 is 4.74 Å². The lowest BCUT2D eigenvalue weighted by molar-refractivity contribution is 0.0213. The molecule has 0 bridgehead atoms. The zero-order chi connectivity index (χ0) is 15.7. The standard InChI is InChI=1S/C21H32O/c1-5-12-21(3)13-11-18-17-10-8-16(22-4)14-15(17)7-9-19(18)20(21)6-2/h8,10,14,18-20H,5-7,9,11-13H2,1-4H3/t18-,19-,20+,21-/m1/s1. The fourth-order valence-corrected chi connectivity index (χ4v) is 5.76. The Balaban J connectivity index is 1.91. The minimum absolute atomic E-state index is 0.578. The van der Waals surface area contributed by atoms with Crippen molar-refractivity contribution in [1.29, 1.82) is 0 Å². The van der Waals surface area contributed by atoms with Crippen molar-refractivity contribution in [3.8, 4) is 5.75 Å². The molecule has 1 heteroatoms. The van der Waals surface area contributed by atoms with E-state index in [0.717, 1.165) is 23.5 Å². The van der Waals surface area contributed by atoms with Gasteiger partial charge < -0.3 is 4.74 Å². The Bertz CT molecular complexity index is 521. The molecule has 2 aliphatic rings. The third-order valence-electron chi connectivity index (χ3n) is 6.71. The lowest BCUT2D eigenvalue weighted by Crippen LogP contribution is -2.42. The molecule has 4 atom stereocenters. The summed E-state index contributed by atoms with van der Waals surface area (Å²) in [4.78, 5) is 0. The van der Waals surface area contributed by atoms with Gasteiger partial charge in [0.1, 0.15) is 5.75 Å². The molecule has 1 saturated carbocycles. The van der Waals surface area contributed by atoms with Gasteiger partial charge in [-0.05, 0) is 78.5 Å². The first-order chi connectivity index (χ1) is 10.6. The van der Waals surface area contributed by atoms with E-state index in [2.05, 4.69) is 39.0 Å². The summed E-state index contributed by atoms with van der Waals surface area (Å²) >= 11 is 0. The van der Waals surface area contributed by atoms with E-state index in [1.54, 1.807) is 18.2 Å². The number of hydrogen-bond donors (Lipinski definition) is 0. The Morgan fingerprint density at radius 3 is 2.73 bits per heavy atom. The highest BCUT2D eigenvalue weighted by Crippen LogP contribution is 2.57. The Hall–Kier alpha value is -0.980. The predicted octanol–water partition coefficient (Wildman–Crippen LogP) is 5.97. The molecule has 0 heterocycles. The van der Waals surface area contributed by atoms with Gasteiger partial charge in [0, 0.05) is 0 Å². The van der Waals surface area contributed by atoms with Crippen molar-refractivity contribution in [3.63, 3.8) is 0 Å². The zero-order valence-electron chi connectivity index (χ0n) is 14.8. The van der Waals surface area contributed by atoms with Crippen molar-refractivity contribution < 1.29 is 4.74 Å². The number of ether oxygens (including phenoxy) is 1. The van der Waals surface area contributed by atoms with Crippen molar-refractivity contribution >= 4 is 0 Å². The molecule has 0 unspecified atom stereocenters. The van der Waals surface area contributed by atoms with E-state index in [-0.39, 0.29) is 0 Å². The van der Waals surface area contributed by atoms with Crippen LogP contribution in [0.2, 0.25) is 0 Å². The molecule has 0 saturated heterocycles. The summed E-state index contributed by atoms with van der Waals surface area (Å²) in [6.45, 7) is 7.35. The van der Waals surface area contributed by atoms with Gasteiger partial charge in [-0.15, -0.1) is 0 Å². The summed E-state index contributed by atoms with van der Waals surface area (Å²) in [5.74, 6) is 3.62. The maximum atomic E-state index is 5.42. The van der Waals surface area contributed by atoms with Gasteiger partial charge in [-0.2, -0.15) is 0 Å². The summed E-state index contributed by atoms with van der Waals surface area (Å²) < 4.78 is 5.42. The largest absolute Gasteiger partial charge is 0.497 e. The van der Waals surface area contributed by atoms with Crippen LogP contribution in [0.4, 0.5) is 0 Å². The molecule has 1 aromatic carbocycles. The van der Waals surface area contributed by atoms with Crippen molar-refractivity contribution in [1.82, 2.24) is 0 Å². The predicted molar refractivity (Wildman–Crippen MR) is 93.6 cm³/mol. The van der Waals surface area contributed by atoms with Crippen molar-refractivity contribution in [2.75, 3.05) is 7.11 Å². The van der Waals surface area contributed by atoms with Crippen LogP contribution in [0.25, 0.3) is 0 Å². The fourth-order valence-electron chi connectivity index (χ4n) is 5.76. The van der Waals surface area contributed by atoms with E-state index in [0.29, 0.717) is 5.41 Å². The first kappa shape index (κ1) is 15.9. The number of methoxy groups -OCH3 is 1. The number of fused-ring (bicyclic) bond motifs is 3. The highest BCUT2D eigenvalue weighted by molar-refractivity contribution is 5.40. The minimum Gasteiger partial charge on any atom is -0.497 e. The number of aryl methyl sites for hydroxylation is 1. The molecule has 0 spiro atoms. The quantitative estimate of drug-likeness (QED) is 0.666. The van der Waals surface area contributed by atoms with Crippen LogP contribution in [0, 0.1) is 17.3 Å². The summed E-state index contributed by atoms with van der Waals surface area (Å²) in [5, 5.41) is 0. The Kier molecular flexibility index (Phi) is 4.52. The van der Waals surface area contributed by atoms with Crippen LogP contribution >= 0.6 is 0 Å². The first-order valence-electron chi connectivity index (χ1n) is 9.29. The molecule has 0 N–H and O–H groups in total. The molecular weight excluding hydrogens is 268 g/mol. The van der Waals surface area contributed by atoms with E-state index in [9.17, 15) is 0 Å². The second-order valence-electron chi connectivity index (χ2n) is 7.83. The molecule has 0 aliphatic heterocycles. The molecule has 1 nitrogen and oxygen atoms in total. The molecule has 1 aromatic rings. The van der Waals surface area contributed by atoms with Gasteiger partial charge in [-0.25, -0.2) is 0 Å². The first-order valence-corrected chi connectivity index (χ1v) is 9.29. The van der Waals surface area contributed by atoms with E-state index in [1.165, 1.54) is 44.9 Å². The normalized spacial score (nSPS) is 33.9. The van der Waals surface area contributed by atoms with Gasteiger partial charge in [-0.1, -0.05) is 39.7 Å². The Morgan fingerprint density at radius 2 is 2.05 bits per heavy atom. The zero-order valence-corrected chi connectivity index (χ0v) is 14.8. The van der Waals surface area contributed by atoms with Crippen molar-refractivity contribution in [3.05, 3.63) is 29.3 Å². The average Bonchev–Trinajstić information content (AvgIpc) is 2.53. The van der Waals surface area contributed by atoms with Gasteiger partial charge in [0.2, 0.25) is 0 Å². The van der Waals surface area contributed by atoms with Crippen LogP contribution in [-0.2, 0) is 6.42 Å². The van der Waals surface area contributed by atoms with Crippen molar-refractivity contribution in [2.45, 2.75) is 71.6 Å². The summed E-state index contributed by atoms with van der Waals surface area (Å²) in [6, 6.07) is 6.81. The van der Waals surface area contributed by atoms with E-state index in [1.807, 2.05) is 0 Å². The summed E-state index contributed by atoms with van der Waals surface area (Å²) in [5.41, 5.74) is 3.76. The van der Waals surface area contributed by atoms with E-state index >= 15 is 0 Å². The fraction of sp³-hybridized carbons (Fsp3) is 0.714. The van der Waals surface area contributed by atoms with Crippen LogP contribution in [0.1, 0.15) is 76.3 Å². The molecule has 0 aromatic heterocycles. The van der Waals surface area contributed by atoms with Gasteiger partial charge in [0.05, 0.1) is 7.11 Å². The van der Waals surface area contributed by atoms with E-state index < -0.39 is 0 Å². The molecule has 0 amide bonds. The number of hydrogen-bond acceptors (Lipinski definition) is 1. The highest BCUT2D eigenvalue weighted by Gasteiger charge is 2.46. The van der Waals surface area contributed by atoms with Crippen LogP contribution in [0.3, 0.4) is 0 Å². The van der Waals surface area contributed by atoms with Crippen LogP contribution in [0.5, 0.6) is 5.75 Å². The summed E-state index contributed by atoms with van der Waals surface area (Å²) in [7, 11) is 1.78. The average molecular weight is 300 g/mol. The molecule has 0 radical (unpaired) electrons. The molecule has 2 aliphatic carbocycles. The number of benzene rings is 1. The Labute approximate surface area is 136 Å². The second-order valence-corrected chi connectivity index (χ2v) is 7.83. The maximum absolute atomic E-state index is 5.42. The molecular formula is C21H32O. The van der Waals surface area contributed by atoms with Gasteiger partial charge in [-0.3, -0.25) is 0 Å². The molecule has 1 fully saturated rings. The van der Waals surface area contributed by atoms with Gasteiger partial charge in [0.15, 0.2) is 0 Å². The lowest BCUT2D eigenvalue weighted by atomic mass is 9.53. The lowest BCUT2D eigenvalue weighted by Gasteiger charge is -2.52. The monoisotopic (exact) mass is 300 g/mol. The topological polar surface area (TPSA) is 9.23 Å². The number of rotatable bonds is 4. The Morgan fingerprint density at radius 1 is 1.23 bits per heavy atom.